The first kappa shape index (κ1) is 16.2. The molecule has 0 unspecified atom stereocenters. The van der Waals surface area contributed by atoms with Crippen molar-refractivity contribution in [2.24, 2.45) is 0 Å². The van der Waals surface area contributed by atoms with Crippen LogP contribution in [0.3, 0.4) is 0 Å². The third-order valence-electron chi connectivity index (χ3n) is 2.72. The van der Waals surface area contributed by atoms with E-state index in [-0.39, 0.29) is 4.90 Å². The third kappa shape index (κ3) is 3.54. The number of rotatable bonds is 5. The first-order chi connectivity index (χ1) is 9.84. The van der Waals surface area contributed by atoms with Gasteiger partial charge in [0.15, 0.2) is 4.34 Å². The Kier molecular flexibility index (Phi) is 4.87. The topological polar surface area (TPSA) is 89.2 Å². The lowest BCUT2D eigenvalue weighted by Gasteiger charge is -2.12. The number of aryl methyl sites for hydroxylation is 1. The zero-order valence-electron chi connectivity index (χ0n) is 11.9. The summed E-state index contributed by atoms with van der Waals surface area (Å²) in [5, 5.41) is 0. The van der Waals surface area contributed by atoms with Gasteiger partial charge in [0.25, 0.3) is 0 Å². The van der Waals surface area contributed by atoms with Gasteiger partial charge in [-0.3, -0.25) is 0 Å². The van der Waals surface area contributed by atoms with Crippen LogP contribution in [0.15, 0.2) is 32.3 Å². The van der Waals surface area contributed by atoms with Crippen LogP contribution in [-0.2, 0) is 16.4 Å². The molecular weight excluding hydrogens is 328 g/mol. The molecule has 0 atom stereocenters. The molecule has 6 nitrogen and oxygen atoms in total. The van der Waals surface area contributed by atoms with Gasteiger partial charge in [-0.05, 0) is 29.7 Å². The van der Waals surface area contributed by atoms with Crippen molar-refractivity contribution in [2.45, 2.75) is 27.5 Å². The molecule has 0 amide bonds. The molecule has 114 valence electrons. The van der Waals surface area contributed by atoms with Crippen molar-refractivity contribution in [3.05, 3.63) is 24.0 Å². The molecule has 0 spiro atoms. The Morgan fingerprint density at radius 2 is 2.10 bits per heavy atom. The van der Waals surface area contributed by atoms with Gasteiger partial charge in [-0.25, -0.2) is 17.7 Å². The smallest absolute Gasteiger partial charge is 0.242 e. The lowest BCUT2D eigenvalue weighted by Crippen LogP contribution is -2.22. The summed E-state index contributed by atoms with van der Waals surface area (Å²) in [5.74, 6) is 0.799. The first-order valence-electron chi connectivity index (χ1n) is 6.17. The van der Waals surface area contributed by atoms with Crippen LogP contribution in [0.2, 0.25) is 0 Å². The second-order valence-corrected chi connectivity index (χ2v) is 8.61. The van der Waals surface area contributed by atoms with Crippen LogP contribution >= 0.6 is 23.3 Å². The molecule has 0 fully saturated rings. The minimum atomic E-state index is -3.47. The maximum Gasteiger partial charge on any atom is 0.242 e. The molecule has 0 aliphatic carbocycles. The molecule has 0 aliphatic rings. The highest BCUT2D eigenvalue weighted by atomic mass is 32.2. The van der Waals surface area contributed by atoms with Crippen molar-refractivity contribution in [1.82, 2.24) is 13.7 Å². The Balaban J connectivity index is 2.28. The van der Waals surface area contributed by atoms with Gasteiger partial charge in [0.05, 0.1) is 4.90 Å². The maximum absolute atomic E-state index is 12.0. The minimum Gasteiger partial charge on any atom is -0.398 e. The predicted octanol–water partition coefficient (Wildman–Crippen LogP) is 2.08. The Hall–Kier alpha value is -1.16. The number of benzene rings is 1. The SMILES string of the molecule is CCc1nsc(Sc2ccc(S(=O)(=O)N(C)C)cc2N)n1. The number of nitrogen functional groups attached to an aromatic ring is 1. The van der Waals surface area contributed by atoms with E-state index in [1.807, 2.05) is 6.92 Å². The van der Waals surface area contributed by atoms with E-state index >= 15 is 0 Å². The standard InChI is InChI=1S/C12H16N4O2S3/c1-4-11-14-12(20-15-11)19-10-6-5-8(7-9(10)13)21(17,18)16(2)3/h5-7H,4,13H2,1-3H3. The second-order valence-electron chi connectivity index (χ2n) is 4.42. The molecule has 0 saturated carbocycles. The molecule has 0 aliphatic heterocycles. The lowest BCUT2D eigenvalue weighted by atomic mass is 10.3. The quantitative estimate of drug-likeness (QED) is 0.835. The Morgan fingerprint density at radius 3 is 2.62 bits per heavy atom. The van der Waals surface area contributed by atoms with Crippen molar-refractivity contribution < 1.29 is 8.42 Å². The van der Waals surface area contributed by atoms with Crippen LogP contribution in [0.1, 0.15) is 12.7 Å². The average molecular weight is 344 g/mol. The Labute approximate surface area is 132 Å². The van der Waals surface area contributed by atoms with E-state index in [1.165, 1.54) is 43.5 Å². The molecule has 2 N–H and O–H groups in total. The fourth-order valence-electron chi connectivity index (χ4n) is 1.51. The van der Waals surface area contributed by atoms with E-state index in [9.17, 15) is 8.42 Å². The monoisotopic (exact) mass is 344 g/mol. The number of hydrogen-bond acceptors (Lipinski definition) is 7. The fraction of sp³-hybridized carbons (Fsp3) is 0.333. The zero-order valence-corrected chi connectivity index (χ0v) is 14.3. The molecule has 0 saturated heterocycles. The van der Waals surface area contributed by atoms with Gasteiger partial charge in [0.1, 0.15) is 5.82 Å². The van der Waals surface area contributed by atoms with Gasteiger partial charge < -0.3 is 5.73 Å². The summed E-state index contributed by atoms with van der Waals surface area (Å²) in [5.41, 5.74) is 6.37. The van der Waals surface area contributed by atoms with Crippen LogP contribution in [-0.4, -0.2) is 36.2 Å². The van der Waals surface area contributed by atoms with Crippen LogP contribution in [0.5, 0.6) is 0 Å². The number of nitrogens with zero attached hydrogens (tertiary/aromatic N) is 3. The van der Waals surface area contributed by atoms with Crippen LogP contribution in [0, 0.1) is 0 Å². The average Bonchev–Trinajstić information content (AvgIpc) is 2.88. The van der Waals surface area contributed by atoms with E-state index in [2.05, 4.69) is 9.36 Å². The van der Waals surface area contributed by atoms with Crippen molar-refractivity contribution in [2.75, 3.05) is 19.8 Å². The number of sulfonamides is 1. The third-order valence-corrected chi connectivity index (χ3v) is 6.41. The van der Waals surface area contributed by atoms with Gasteiger partial charge in [0, 0.05) is 31.1 Å². The van der Waals surface area contributed by atoms with Gasteiger partial charge in [0.2, 0.25) is 10.0 Å². The van der Waals surface area contributed by atoms with Gasteiger partial charge in [-0.15, -0.1) is 0 Å². The number of aromatic nitrogens is 2. The van der Waals surface area contributed by atoms with Crippen molar-refractivity contribution >= 4 is 39.0 Å². The summed E-state index contributed by atoms with van der Waals surface area (Å²) in [6.45, 7) is 1.99. The zero-order chi connectivity index (χ0) is 15.6. The van der Waals surface area contributed by atoms with E-state index in [4.69, 9.17) is 5.73 Å². The largest absolute Gasteiger partial charge is 0.398 e. The number of nitrogens with two attached hydrogens (primary N) is 1. The fourth-order valence-corrected chi connectivity index (χ4v) is 4.13. The van der Waals surface area contributed by atoms with Gasteiger partial charge in [-0.1, -0.05) is 18.7 Å². The van der Waals surface area contributed by atoms with Gasteiger partial charge in [-0.2, -0.15) is 4.37 Å². The van der Waals surface area contributed by atoms with Gasteiger partial charge >= 0.3 is 0 Å². The Morgan fingerprint density at radius 1 is 1.38 bits per heavy atom. The van der Waals surface area contributed by atoms with Crippen molar-refractivity contribution in [3.63, 3.8) is 0 Å². The highest BCUT2D eigenvalue weighted by Gasteiger charge is 2.18. The van der Waals surface area contributed by atoms with E-state index < -0.39 is 10.0 Å². The van der Waals surface area contributed by atoms with E-state index in [0.717, 1.165) is 25.8 Å². The summed E-state index contributed by atoms with van der Waals surface area (Å²) in [7, 11) is -0.495. The second kappa shape index (κ2) is 6.30. The van der Waals surface area contributed by atoms with Crippen LogP contribution < -0.4 is 5.73 Å². The molecular formula is C12H16N4O2S3. The molecule has 2 rings (SSSR count). The molecule has 9 heteroatoms. The summed E-state index contributed by atoms with van der Waals surface area (Å²) in [4.78, 5) is 5.30. The molecule has 1 aromatic heterocycles. The van der Waals surface area contributed by atoms with Crippen LogP contribution in [0.25, 0.3) is 0 Å². The lowest BCUT2D eigenvalue weighted by molar-refractivity contribution is 0.520. The highest BCUT2D eigenvalue weighted by molar-refractivity contribution is 8.01. The molecule has 21 heavy (non-hydrogen) atoms. The van der Waals surface area contributed by atoms with Crippen molar-refractivity contribution in [1.29, 1.82) is 0 Å². The van der Waals surface area contributed by atoms with Crippen LogP contribution in [0.4, 0.5) is 5.69 Å². The predicted molar refractivity (Wildman–Crippen MR) is 85.1 cm³/mol. The maximum atomic E-state index is 12.0. The summed E-state index contributed by atoms with van der Waals surface area (Å²) < 4.78 is 30.2. The molecule has 0 bridgehead atoms. The number of hydrogen-bond donors (Lipinski definition) is 1. The number of anilines is 1. The summed E-state index contributed by atoms with van der Waals surface area (Å²) in [6, 6.07) is 4.72. The summed E-state index contributed by atoms with van der Waals surface area (Å²) >= 11 is 2.70. The molecule has 2 aromatic rings. The molecule has 0 radical (unpaired) electrons. The molecule has 1 heterocycles. The Bertz CT molecular complexity index is 741. The normalized spacial score (nSPS) is 12.0. The van der Waals surface area contributed by atoms with Crippen molar-refractivity contribution in [3.8, 4) is 0 Å². The van der Waals surface area contributed by atoms with E-state index in [1.54, 1.807) is 12.1 Å². The molecule has 1 aromatic carbocycles. The highest BCUT2D eigenvalue weighted by Crippen LogP contribution is 2.34. The first-order valence-corrected chi connectivity index (χ1v) is 9.20. The van der Waals surface area contributed by atoms with E-state index in [0.29, 0.717) is 5.69 Å². The summed E-state index contributed by atoms with van der Waals surface area (Å²) in [6.07, 6.45) is 0.784. The minimum absolute atomic E-state index is 0.181.